The number of carbonyl (C=O) groups is 1. The van der Waals surface area contributed by atoms with E-state index in [0.29, 0.717) is 23.6 Å². The second-order valence-electron chi connectivity index (χ2n) is 8.26. The van der Waals surface area contributed by atoms with Gasteiger partial charge < -0.3 is 10.1 Å². The summed E-state index contributed by atoms with van der Waals surface area (Å²) in [5.74, 6) is 2.53. The Morgan fingerprint density at radius 2 is 2.21 bits per heavy atom. The lowest BCUT2D eigenvalue weighted by molar-refractivity contribution is -0.120. The Kier molecular flexibility index (Phi) is 6.92. The highest BCUT2D eigenvalue weighted by Crippen LogP contribution is 2.31. The fourth-order valence-corrected chi connectivity index (χ4v) is 5.78. The molecule has 1 saturated heterocycles. The van der Waals surface area contributed by atoms with E-state index in [1.54, 1.807) is 11.3 Å². The summed E-state index contributed by atoms with van der Waals surface area (Å²) < 4.78 is 7.97. The molecule has 2 aromatic heterocycles. The van der Waals surface area contributed by atoms with Gasteiger partial charge in [0.05, 0.1) is 23.3 Å². The fraction of sp³-hybridized carbons (Fsp3) is 0.667. The molecule has 6 nitrogen and oxygen atoms in total. The number of hydrogen-bond acceptors (Lipinski definition) is 6. The summed E-state index contributed by atoms with van der Waals surface area (Å²) in [6, 6.07) is 4.38. The van der Waals surface area contributed by atoms with Crippen LogP contribution in [0.15, 0.2) is 22.7 Å². The molecule has 0 radical (unpaired) electrons. The molecule has 4 unspecified atom stereocenters. The highest BCUT2D eigenvalue weighted by atomic mass is 32.2. The first-order valence-corrected chi connectivity index (χ1v) is 12.5. The van der Waals surface area contributed by atoms with Gasteiger partial charge in [0.1, 0.15) is 0 Å². The normalized spacial score (nSPS) is 27.2. The van der Waals surface area contributed by atoms with Crippen molar-refractivity contribution in [3.8, 4) is 10.7 Å². The second-order valence-corrected chi connectivity index (χ2v) is 10.1. The van der Waals surface area contributed by atoms with Gasteiger partial charge in [0, 0.05) is 12.6 Å². The van der Waals surface area contributed by atoms with Crippen LogP contribution in [-0.4, -0.2) is 45.2 Å². The Morgan fingerprint density at radius 1 is 1.31 bits per heavy atom. The fourth-order valence-electron chi connectivity index (χ4n) is 4.30. The number of rotatable bonds is 7. The van der Waals surface area contributed by atoms with E-state index < -0.39 is 0 Å². The highest BCUT2D eigenvalue weighted by Gasteiger charge is 2.28. The van der Waals surface area contributed by atoms with Crippen molar-refractivity contribution < 1.29 is 9.53 Å². The number of thioether (sulfide) groups is 1. The van der Waals surface area contributed by atoms with E-state index in [9.17, 15) is 4.79 Å². The van der Waals surface area contributed by atoms with Gasteiger partial charge in [-0.25, -0.2) is 0 Å². The molecule has 29 heavy (non-hydrogen) atoms. The van der Waals surface area contributed by atoms with Crippen LogP contribution in [-0.2, 0) is 16.1 Å². The van der Waals surface area contributed by atoms with Crippen LogP contribution in [0.25, 0.3) is 10.7 Å². The Morgan fingerprint density at radius 3 is 2.97 bits per heavy atom. The molecule has 1 saturated carbocycles. The number of nitrogens with one attached hydrogen (secondary N) is 1. The first kappa shape index (κ1) is 20.9. The van der Waals surface area contributed by atoms with Crippen molar-refractivity contribution in [1.29, 1.82) is 0 Å². The Labute approximate surface area is 180 Å². The molecule has 158 valence electrons. The van der Waals surface area contributed by atoms with Crippen LogP contribution in [0, 0.1) is 11.8 Å². The van der Waals surface area contributed by atoms with E-state index in [0.717, 1.165) is 48.3 Å². The van der Waals surface area contributed by atoms with Crippen molar-refractivity contribution in [2.24, 2.45) is 11.8 Å². The average Bonchev–Trinajstić information content (AvgIpc) is 3.46. The van der Waals surface area contributed by atoms with Crippen LogP contribution in [0.1, 0.15) is 46.0 Å². The number of nitrogens with zero attached hydrogens (tertiary/aromatic N) is 3. The van der Waals surface area contributed by atoms with Gasteiger partial charge in [-0.1, -0.05) is 44.5 Å². The van der Waals surface area contributed by atoms with Gasteiger partial charge in [0.25, 0.3) is 0 Å². The summed E-state index contributed by atoms with van der Waals surface area (Å²) in [5, 5.41) is 14.9. The minimum Gasteiger partial charge on any atom is -0.376 e. The molecule has 2 aliphatic rings. The Hall–Kier alpha value is -1.38. The maximum absolute atomic E-state index is 12.6. The van der Waals surface area contributed by atoms with Crippen molar-refractivity contribution in [3.05, 3.63) is 17.5 Å². The van der Waals surface area contributed by atoms with Crippen molar-refractivity contribution in [3.63, 3.8) is 0 Å². The minimum atomic E-state index is 0.0882. The summed E-state index contributed by atoms with van der Waals surface area (Å²) in [6.45, 7) is 6.11. The highest BCUT2D eigenvalue weighted by molar-refractivity contribution is 7.99. The molecular weight excluding hydrogens is 404 g/mol. The van der Waals surface area contributed by atoms with E-state index >= 15 is 0 Å². The average molecular weight is 435 g/mol. The van der Waals surface area contributed by atoms with Crippen molar-refractivity contribution in [1.82, 2.24) is 20.1 Å². The number of aromatic nitrogens is 3. The lowest BCUT2D eigenvalue weighted by Gasteiger charge is -2.34. The van der Waals surface area contributed by atoms with Crippen LogP contribution < -0.4 is 5.32 Å². The lowest BCUT2D eigenvalue weighted by atomic mass is 9.78. The summed E-state index contributed by atoms with van der Waals surface area (Å²) in [4.78, 5) is 13.7. The topological polar surface area (TPSA) is 69.0 Å². The van der Waals surface area contributed by atoms with Crippen LogP contribution in [0.5, 0.6) is 0 Å². The maximum Gasteiger partial charge on any atom is 0.230 e. The number of ether oxygens (including phenoxy) is 1. The zero-order valence-corrected chi connectivity index (χ0v) is 18.8. The van der Waals surface area contributed by atoms with Gasteiger partial charge in [-0.2, -0.15) is 0 Å². The second kappa shape index (κ2) is 9.62. The Bertz CT molecular complexity index is 802. The molecule has 0 aromatic carbocycles. The zero-order valence-electron chi connectivity index (χ0n) is 17.2. The third kappa shape index (κ3) is 5.03. The van der Waals surface area contributed by atoms with Gasteiger partial charge >= 0.3 is 0 Å². The maximum atomic E-state index is 12.6. The predicted molar refractivity (Wildman–Crippen MR) is 117 cm³/mol. The molecule has 3 heterocycles. The molecule has 0 bridgehead atoms. The largest absolute Gasteiger partial charge is 0.376 e. The van der Waals surface area contributed by atoms with Crippen molar-refractivity contribution in [2.75, 3.05) is 12.4 Å². The van der Waals surface area contributed by atoms with Gasteiger partial charge in [-0.05, 0) is 42.5 Å². The number of thiophene rings is 1. The van der Waals surface area contributed by atoms with Crippen molar-refractivity contribution >= 4 is 29.0 Å². The number of hydrogen-bond donors (Lipinski definition) is 1. The number of carbonyl (C=O) groups excluding carboxylic acids is 1. The van der Waals surface area contributed by atoms with Crippen LogP contribution in [0.4, 0.5) is 0 Å². The predicted octanol–water partition coefficient (Wildman–Crippen LogP) is 4.22. The molecule has 2 aromatic rings. The van der Waals surface area contributed by atoms with E-state index in [2.05, 4.69) is 40.0 Å². The first-order valence-electron chi connectivity index (χ1n) is 10.6. The smallest absolute Gasteiger partial charge is 0.230 e. The summed E-state index contributed by atoms with van der Waals surface area (Å²) >= 11 is 3.13. The van der Waals surface area contributed by atoms with Crippen LogP contribution in [0.3, 0.4) is 0 Å². The third-order valence-electron chi connectivity index (χ3n) is 6.25. The standard InChI is InChI=1S/C21H30N4O2S2/c1-14-6-3-8-17(15(14)2)22-19(26)13-29-21-24-23-20(18-9-5-11-28-18)25(21)12-16-7-4-10-27-16/h5,9,11,14-17H,3-4,6-8,10,12-13H2,1-2H3,(H,22,26). The Balaban J connectivity index is 1.41. The SMILES string of the molecule is CC1CCCC(NC(=O)CSc2nnc(-c3cccs3)n2CC2CCCO2)C1C. The molecule has 1 aliphatic heterocycles. The zero-order chi connectivity index (χ0) is 20.2. The summed E-state index contributed by atoms with van der Waals surface area (Å²) in [5.41, 5.74) is 0. The van der Waals surface area contributed by atoms with Gasteiger partial charge in [-0.15, -0.1) is 21.5 Å². The summed E-state index contributed by atoms with van der Waals surface area (Å²) in [7, 11) is 0. The van der Waals surface area contributed by atoms with Crippen molar-refractivity contribution in [2.45, 2.75) is 69.8 Å². The molecule has 2 fully saturated rings. The summed E-state index contributed by atoms with van der Waals surface area (Å²) in [6.07, 6.45) is 5.90. The molecule has 8 heteroatoms. The molecule has 1 aliphatic carbocycles. The number of amides is 1. The van der Waals surface area contributed by atoms with Gasteiger partial charge in [0.15, 0.2) is 11.0 Å². The van der Waals surface area contributed by atoms with Crippen LogP contribution >= 0.6 is 23.1 Å². The molecule has 1 N–H and O–H groups in total. The quantitative estimate of drug-likeness (QED) is 0.661. The first-order chi connectivity index (χ1) is 14.1. The minimum absolute atomic E-state index is 0.0882. The lowest BCUT2D eigenvalue weighted by Crippen LogP contribution is -2.44. The van der Waals surface area contributed by atoms with Gasteiger partial charge in [-0.3, -0.25) is 9.36 Å². The molecule has 4 rings (SSSR count). The molecule has 4 atom stereocenters. The van der Waals surface area contributed by atoms with E-state index in [-0.39, 0.29) is 12.0 Å². The van der Waals surface area contributed by atoms with E-state index in [1.165, 1.54) is 24.6 Å². The molecule has 1 amide bonds. The van der Waals surface area contributed by atoms with Gasteiger partial charge in [0.2, 0.25) is 5.91 Å². The monoisotopic (exact) mass is 434 g/mol. The van der Waals surface area contributed by atoms with Crippen LogP contribution in [0.2, 0.25) is 0 Å². The third-order valence-corrected chi connectivity index (χ3v) is 8.09. The molecular formula is C21H30N4O2S2. The van der Waals surface area contributed by atoms with E-state index in [4.69, 9.17) is 4.74 Å². The van der Waals surface area contributed by atoms with E-state index in [1.807, 2.05) is 11.4 Å². The molecule has 0 spiro atoms.